The van der Waals surface area contributed by atoms with Crippen LogP contribution in [0.15, 0.2) is 54.7 Å². The first-order valence-electron chi connectivity index (χ1n) is 7.96. The maximum absolute atomic E-state index is 13.2. The van der Waals surface area contributed by atoms with Crippen molar-refractivity contribution in [1.29, 1.82) is 0 Å². The number of benzene rings is 2. The number of nitrogens with one attached hydrogen (secondary N) is 1. The van der Waals surface area contributed by atoms with E-state index in [1.807, 2.05) is 28.8 Å². The summed E-state index contributed by atoms with van der Waals surface area (Å²) in [7, 11) is 1.66. The maximum atomic E-state index is 13.2. The predicted molar refractivity (Wildman–Crippen MR) is 98.3 cm³/mol. The molecule has 1 heterocycles. The van der Waals surface area contributed by atoms with E-state index in [0.717, 1.165) is 22.8 Å². The predicted octanol–water partition coefficient (Wildman–Crippen LogP) is 4.60. The first-order chi connectivity index (χ1) is 12.2. The van der Waals surface area contributed by atoms with Gasteiger partial charge < -0.3 is 14.6 Å². The van der Waals surface area contributed by atoms with Gasteiger partial charge in [0, 0.05) is 30.8 Å². The van der Waals surface area contributed by atoms with E-state index in [9.17, 15) is 4.39 Å². The highest BCUT2D eigenvalue weighted by atomic mass is 35.5. The third-order valence-electron chi connectivity index (χ3n) is 3.91. The number of nitrogens with zero attached hydrogens (tertiary/aromatic N) is 2. The average molecular weight is 360 g/mol. The van der Waals surface area contributed by atoms with Crippen molar-refractivity contribution in [3.63, 3.8) is 0 Å². The Labute approximate surface area is 151 Å². The molecule has 0 saturated carbocycles. The summed E-state index contributed by atoms with van der Waals surface area (Å²) in [5.41, 5.74) is 2.79. The fourth-order valence-corrected chi connectivity index (χ4v) is 2.80. The van der Waals surface area contributed by atoms with E-state index in [0.29, 0.717) is 24.7 Å². The number of ether oxygens (including phenoxy) is 1. The molecule has 0 aliphatic rings. The van der Waals surface area contributed by atoms with Crippen molar-refractivity contribution >= 4 is 17.5 Å². The molecule has 0 fully saturated rings. The summed E-state index contributed by atoms with van der Waals surface area (Å²) < 4.78 is 20.4. The minimum absolute atomic E-state index is 0.260. The number of rotatable bonds is 7. The molecular formula is C19H19ClFN3O. The van der Waals surface area contributed by atoms with Gasteiger partial charge in [-0.2, -0.15) is 0 Å². The fraction of sp³-hybridized carbons (Fsp3) is 0.211. The highest BCUT2D eigenvalue weighted by molar-refractivity contribution is 6.31. The van der Waals surface area contributed by atoms with Gasteiger partial charge in [0.05, 0.1) is 18.5 Å². The second kappa shape index (κ2) is 8.14. The standard InChI is InChI=1S/C19H19ClFN3O/c1-25-11-10-24-18(14-6-8-16(21)9-7-14)13-23-19(24)22-12-15-4-2-3-5-17(15)20/h2-9,13H,10-12H2,1H3,(H,22,23). The van der Waals surface area contributed by atoms with E-state index in [1.54, 1.807) is 25.4 Å². The molecule has 25 heavy (non-hydrogen) atoms. The maximum Gasteiger partial charge on any atom is 0.203 e. The van der Waals surface area contributed by atoms with Crippen LogP contribution in [0.2, 0.25) is 5.02 Å². The molecule has 0 bridgehead atoms. The lowest BCUT2D eigenvalue weighted by molar-refractivity contribution is 0.188. The highest BCUT2D eigenvalue weighted by Crippen LogP contribution is 2.24. The largest absolute Gasteiger partial charge is 0.383 e. The van der Waals surface area contributed by atoms with Crippen molar-refractivity contribution < 1.29 is 9.13 Å². The van der Waals surface area contributed by atoms with Gasteiger partial charge in [-0.1, -0.05) is 29.8 Å². The molecule has 0 aliphatic carbocycles. The second-order valence-electron chi connectivity index (χ2n) is 5.56. The molecule has 3 aromatic rings. The number of anilines is 1. The Bertz CT molecular complexity index is 833. The first-order valence-corrected chi connectivity index (χ1v) is 8.34. The molecule has 3 rings (SSSR count). The van der Waals surface area contributed by atoms with Crippen LogP contribution >= 0.6 is 11.6 Å². The van der Waals surface area contributed by atoms with Gasteiger partial charge in [0.15, 0.2) is 0 Å². The Balaban J connectivity index is 1.86. The van der Waals surface area contributed by atoms with Gasteiger partial charge in [-0.25, -0.2) is 9.37 Å². The Morgan fingerprint density at radius 1 is 1.16 bits per heavy atom. The molecule has 0 amide bonds. The van der Waals surface area contributed by atoms with E-state index in [-0.39, 0.29) is 5.82 Å². The fourth-order valence-electron chi connectivity index (χ4n) is 2.59. The smallest absolute Gasteiger partial charge is 0.203 e. The topological polar surface area (TPSA) is 39.1 Å². The van der Waals surface area contributed by atoms with Crippen molar-refractivity contribution in [2.75, 3.05) is 19.0 Å². The lowest BCUT2D eigenvalue weighted by atomic mass is 10.1. The van der Waals surface area contributed by atoms with Crippen LogP contribution in [0.25, 0.3) is 11.3 Å². The van der Waals surface area contributed by atoms with Crippen LogP contribution in [-0.4, -0.2) is 23.3 Å². The monoisotopic (exact) mass is 359 g/mol. The molecule has 130 valence electrons. The number of methoxy groups -OCH3 is 1. The molecule has 0 saturated heterocycles. The quantitative estimate of drug-likeness (QED) is 0.670. The molecule has 1 N–H and O–H groups in total. The van der Waals surface area contributed by atoms with Crippen LogP contribution in [0, 0.1) is 5.82 Å². The summed E-state index contributed by atoms with van der Waals surface area (Å²) >= 11 is 6.21. The van der Waals surface area contributed by atoms with Crippen molar-refractivity contribution in [2.24, 2.45) is 0 Å². The van der Waals surface area contributed by atoms with Gasteiger partial charge in [0.2, 0.25) is 5.95 Å². The van der Waals surface area contributed by atoms with E-state index >= 15 is 0 Å². The minimum Gasteiger partial charge on any atom is -0.383 e. The van der Waals surface area contributed by atoms with Gasteiger partial charge in [-0.3, -0.25) is 0 Å². The summed E-state index contributed by atoms with van der Waals surface area (Å²) in [6.07, 6.45) is 1.78. The van der Waals surface area contributed by atoms with Crippen molar-refractivity contribution in [2.45, 2.75) is 13.1 Å². The molecule has 2 aromatic carbocycles. The van der Waals surface area contributed by atoms with Crippen LogP contribution in [0.5, 0.6) is 0 Å². The van der Waals surface area contributed by atoms with Gasteiger partial charge >= 0.3 is 0 Å². The van der Waals surface area contributed by atoms with E-state index < -0.39 is 0 Å². The molecule has 0 radical (unpaired) electrons. The molecule has 0 aliphatic heterocycles. The molecule has 1 aromatic heterocycles. The lowest BCUT2D eigenvalue weighted by Crippen LogP contribution is -2.11. The van der Waals surface area contributed by atoms with Crippen molar-refractivity contribution in [3.05, 3.63) is 71.1 Å². The molecule has 0 spiro atoms. The normalized spacial score (nSPS) is 10.8. The zero-order valence-electron chi connectivity index (χ0n) is 13.9. The Hall–Kier alpha value is -2.37. The number of hydrogen-bond donors (Lipinski definition) is 1. The SMILES string of the molecule is COCCn1c(-c2ccc(F)cc2)cnc1NCc1ccccc1Cl. The summed E-state index contributed by atoms with van der Waals surface area (Å²) in [4.78, 5) is 4.47. The van der Waals surface area contributed by atoms with Crippen LogP contribution in [-0.2, 0) is 17.8 Å². The Morgan fingerprint density at radius 3 is 2.64 bits per heavy atom. The van der Waals surface area contributed by atoms with Crippen molar-refractivity contribution in [3.8, 4) is 11.3 Å². The van der Waals surface area contributed by atoms with Crippen LogP contribution in [0.1, 0.15) is 5.56 Å². The third-order valence-corrected chi connectivity index (χ3v) is 4.28. The van der Waals surface area contributed by atoms with Crippen LogP contribution in [0.4, 0.5) is 10.3 Å². The summed E-state index contributed by atoms with van der Waals surface area (Å²) in [5.74, 6) is 0.458. The third kappa shape index (κ3) is 4.18. The second-order valence-corrected chi connectivity index (χ2v) is 5.97. The number of aromatic nitrogens is 2. The van der Waals surface area contributed by atoms with Crippen LogP contribution in [0.3, 0.4) is 0 Å². The van der Waals surface area contributed by atoms with E-state index in [2.05, 4.69) is 10.3 Å². The molecule has 6 heteroatoms. The Morgan fingerprint density at radius 2 is 1.92 bits per heavy atom. The Kier molecular flexibility index (Phi) is 5.68. The lowest BCUT2D eigenvalue weighted by Gasteiger charge is -2.13. The zero-order chi connectivity index (χ0) is 17.6. The van der Waals surface area contributed by atoms with Gasteiger partial charge in [0.25, 0.3) is 0 Å². The van der Waals surface area contributed by atoms with Gasteiger partial charge in [-0.15, -0.1) is 0 Å². The van der Waals surface area contributed by atoms with E-state index in [4.69, 9.17) is 16.3 Å². The van der Waals surface area contributed by atoms with Gasteiger partial charge in [-0.05, 0) is 35.9 Å². The summed E-state index contributed by atoms with van der Waals surface area (Å²) in [6.45, 7) is 1.74. The summed E-state index contributed by atoms with van der Waals surface area (Å²) in [5, 5.41) is 4.03. The number of imidazole rings is 1. The molecule has 0 unspecified atom stereocenters. The molecular weight excluding hydrogens is 341 g/mol. The molecule has 0 atom stereocenters. The first kappa shape index (κ1) is 17.5. The summed E-state index contributed by atoms with van der Waals surface area (Å²) in [6, 6.07) is 14.1. The number of hydrogen-bond acceptors (Lipinski definition) is 3. The van der Waals surface area contributed by atoms with E-state index in [1.165, 1.54) is 12.1 Å². The minimum atomic E-state index is -0.260. The van der Waals surface area contributed by atoms with Crippen LogP contribution < -0.4 is 5.32 Å². The van der Waals surface area contributed by atoms with Crippen molar-refractivity contribution in [1.82, 2.24) is 9.55 Å². The molecule has 4 nitrogen and oxygen atoms in total. The average Bonchev–Trinajstić information content (AvgIpc) is 3.02. The highest BCUT2D eigenvalue weighted by Gasteiger charge is 2.12. The zero-order valence-corrected chi connectivity index (χ0v) is 14.6. The van der Waals surface area contributed by atoms with Gasteiger partial charge in [0.1, 0.15) is 5.82 Å². The number of halogens is 2.